The van der Waals surface area contributed by atoms with Gasteiger partial charge in [-0.25, -0.2) is 8.42 Å². The predicted octanol–water partition coefficient (Wildman–Crippen LogP) is 6.47. The fraction of sp³-hybridized carbons (Fsp3) is 0.355. The van der Waals surface area contributed by atoms with Crippen LogP contribution >= 0.6 is 27.5 Å². The lowest BCUT2D eigenvalue weighted by Gasteiger charge is -2.34. The number of rotatable bonds is 11. The van der Waals surface area contributed by atoms with Crippen LogP contribution in [-0.4, -0.2) is 43.8 Å². The molecule has 1 atom stereocenters. The Morgan fingerprint density at radius 2 is 1.63 bits per heavy atom. The van der Waals surface area contributed by atoms with Crippen LogP contribution in [0, 0.1) is 6.92 Å². The lowest BCUT2D eigenvalue weighted by Crippen LogP contribution is -2.53. The van der Waals surface area contributed by atoms with Crippen LogP contribution in [0.4, 0.5) is 5.69 Å². The second-order valence-electron chi connectivity index (χ2n) is 10.3. The fourth-order valence-corrected chi connectivity index (χ4v) is 6.94. The molecule has 1 aliphatic carbocycles. The Kier molecular flexibility index (Phi) is 10.5. The summed E-state index contributed by atoms with van der Waals surface area (Å²) in [6, 6.07) is 19.7. The van der Waals surface area contributed by atoms with Crippen molar-refractivity contribution < 1.29 is 18.0 Å². The third-order valence-electron chi connectivity index (χ3n) is 7.39. The second-order valence-corrected chi connectivity index (χ2v) is 13.5. The molecule has 0 aromatic heterocycles. The first-order chi connectivity index (χ1) is 19.6. The van der Waals surface area contributed by atoms with Crippen LogP contribution in [-0.2, 0) is 26.2 Å². The number of nitrogens with one attached hydrogen (secondary N) is 1. The van der Waals surface area contributed by atoms with E-state index >= 15 is 0 Å². The van der Waals surface area contributed by atoms with Gasteiger partial charge in [-0.3, -0.25) is 13.9 Å². The first-order valence-corrected chi connectivity index (χ1v) is 16.4. The zero-order valence-electron chi connectivity index (χ0n) is 23.2. The number of hydrogen-bond acceptors (Lipinski definition) is 4. The maximum atomic E-state index is 14.2. The van der Waals surface area contributed by atoms with E-state index < -0.39 is 28.5 Å². The third-order valence-corrected chi connectivity index (χ3v) is 10.1. The van der Waals surface area contributed by atoms with Gasteiger partial charge in [0.25, 0.3) is 10.0 Å². The molecule has 1 saturated carbocycles. The minimum atomic E-state index is -4.12. The summed E-state index contributed by atoms with van der Waals surface area (Å²) >= 11 is 9.87. The maximum Gasteiger partial charge on any atom is 0.264 e. The summed E-state index contributed by atoms with van der Waals surface area (Å²) < 4.78 is 29.8. The number of amides is 2. The van der Waals surface area contributed by atoms with E-state index in [1.807, 2.05) is 19.9 Å². The molecule has 218 valence electrons. The Hall–Kier alpha value is -2.88. The lowest BCUT2D eigenvalue weighted by molar-refractivity contribution is -0.140. The van der Waals surface area contributed by atoms with Crippen LogP contribution in [0.1, 0.15) is 50.2 Å². The van der Waals surface area contributed by atoms with Gasteiger partial charge < -0.3 is 10.2 Å². The highest BCUT2D eigenvalue weighted by Crippen LogP contribution is 2.27. The van der Waals surface area contributed by atoms with Crippen LogP contribution in [0.25, 0.3) is 0 Å². The Morgan fingerprint density at radius 1 is 1.00 bits per heavy atom. The second kappa shape index (κ2) is 13.9. The molecule has 2 amide bonds. The van der Waals surface area contributed by atoms with Crippen LogP contribution in [0.5, 0.6) is 0 Å². The number of benzene rings is 3. The number of halogens is 2. The molecule has 1 fully saturated rings. The first-order valence-electron chi connectivity index (χ1n) is 13.8. The highest BCUT2D eigenvalue weighted by Gasteiger charge is 2.34. The number of carbonyl (C=O) groups is 2. The molecule has 1 aliphatic rings. The first kappa shape index (κ1) is 31.1. The number of carbonyl (C=O) groups excluding carboxylic acids is 2. The van der Waals surface area contributed by atoms with E-state index in [-0.39, 0.29) is 23.4 Å². The molecule has 10 heteroatoms. The molecular formula is C31H35BrClN3O4S. The Balaban J connectivity index is 1.72. The standard InChI is InChI=1S/C31H35BrClN3O4S/c1-3-29(31(38)34-25-9-5-6-10-25)35(20-23-8-4-7-11-28(23)33)30(37)21-36(26-16-14-24(32)15-17-26)41(39,40)27-18-12-22(2)13-19-27/h4,7-8,11-19,25,29H,3,5-6,9-10,20-21H2,1-2H3,(H,34,38). The molecule has 0 aliphatic heterocycles. The van der Waals surface area contributed by atoms with Crippen molar-refractivity contribution in [1.29, 1.82) is 0 Å². The van der Waals surface area contributed by atoms with Crippen molar-refractivity contribution in [2.75, 3.05) is 10.8 Å². The molecule has 1 unspecified atom stereocenters. The third kappa shape index (κ3) is 7.70. The normalized spacial score (nSPS) is 14.4. The van der Waals surface area contributed by atoms with Gasteiger partial charge in [-0.1, -0.05) is 83.2 Å². The van der Waals surface area contributed by atoms with Crippen LogP contribution in [0.15, 0.2) is 82.2 Å². The molecule has 0 saturated heterocycles. The van der Waals surface area contributed by atoms with E-state index in [2.05, 4.69) is 21.2 Å². The molecule has 0 radical (unpaired) electrons. The Morgan fingerprint density at radius 3 is 2.24 bits per heavy atom. The number of nitrogens with zero attached hydrogens (tertiary/aromatic N) is 2. The zero-order chi connectivity index (χ0) is 29.6. The molecule has 0 bridgehead atoms. The van der Waals surface area contributed by atoms with Gasteiger partial charge >= 0.3 is 0 Å². The largest absolute Gasteiger partial charge is 0.352 e. The summed E-state index contributed by atoms with van der Waals surface area (Å²) in [5.74, 6) is -0.742. The van der Waals surface area contributed by atoms with E-state index in [4.69, 9.17) is 11.6 Å². The molecule has 1 N–H and O–H groups in total. The zero-order valence-corrected chi connectivity index (χ0v) is 26.4. The summed E-state index contributed by atoms with van der Waals surface area (Å²) in [5.41, 5.74) is 1.93. The van der Waals surface area contributed by atoms with Gasteiger partial charge in [-0.05, 0) is 74.2 Å². The van der Waals surface area contributed by atoms with E-state index in [0.717, 1.165) is 40.0 Å². The molecule has 0 spiro atoms. The average molecular weight is 661 g/mol. The van der Waals surface area contributed by atoms with Crippen molar-refractivity contribution in [2.24, 2.45) is 0 Å². The minimum Gasteiger partial charge on any atom is -0.352 e. The van der Waals surface area contributed by atoms with Crippen LogP contribution in [0.2, 0.25) is 5.02 Å². The molecule has 3 aromatic rings. The summed E-state index contributed by atoms with van der Waals surface area (Å²) in [6.07, 6.45) is 4.29. The van der Waals surface area contributed by atoms with Crippen LogP contribution < -0.4 is 9.62 Å². The number of aryl methyl sites for hydroxylation is 1. The fourth-order valence-electron chi connectivity index (χ4n) is 5.07. The van der Waals surface area contributed by atoms with Crippen molar-refractivity contribution in [3.05, 3.63) is 93.4 Å². The highest BCUT2D eigenvalue weighted by molar-refractivity contribution is 9.10. The topological polar surface area (TPSA) is 86.8 Å². The van der Waals surface area contributed by atoms with Gasteiger partial charge in [0.1, 0.15) is 12.6 Å². The quantitative estimate of drug-likeness (QED) is 0.255. The smallest absolute Gasteiger partial charge is 0.264 e. The van der Waals surface area contributed by atoms with Gasteiger partial charge in [0.05, 0.1) is 10.6 Å². The molecule has 3 aromatic carbocycles. The van der Waals surface area contributed by atoms with E-state index in [1.165, 1.54) is 17.0 Å². The summed E-state index contributed by atoms with van der Waals surface area (Å²) in [7, 11) is -4.12. The van der Waals surface area contributed by atoms with Crippen LogP contribution in [0.3, 0.4) is 0 Å². The van der Waals surface area contributed by atoms with E-state index in [9.17, 15) is 18.0 Å². The van der Waals surface area contributed by atoms with Gasteiger partial charge in [0.2, 0.25) is 11.8 Å². The van der Waals surface area contributed by atoms with Gasteiger partial charge in [0.15, 0.2) is 0 Å². The minimum absolute atomic E-state index is 0.0634. The molecule has 0 heterocycles. The Labute approximate surface area is 256 Å². The molecule has 41 heavy (non-hydrogen) atoms. The molecule has 7 nitrogen and oxygen atoms in total. The average Bonchev–Trinajstić information content (AvgIpc) is 3.46. The summed E-state index contributed by atoms with van der Waals surface area (Å²) in [4.78, 5) is 29.2. The van der Waals surface area contributed by atoms with Gasteiger partial charge in [-0.15, -0.1) is 0 Å². The van der Waals surface area contributed by atoms with E-state index in [1.54, 1.807) is 54.6 Å². The SMILES string of the molecule is CCC(C(=O)NC1CCCC1)N(Cc1ccccc1Cl)C(=O)CN(c1ccc(Br)cc1)S(=O)(=O)c1ccc(C)cc1. The molecular weight excluding hydrogens is 626 g/mol. The monoisotopic (exact) mass is 659 g/mol. The van der Waals surface area contributed by atoms with Crippen molar-refractivity contribution in [3.8, 4) is 0 Å². The molecule has 4 rings (SSSR count). The van der Waals surface area contributed by atoms with Crippen molar-refractivity contribution >= 4 is 55.1 Å². The highest BCUT2D eigenvalue weighted by atomic mass is 79.9. The van der Waals surface area contributed by atoms with Gasteiger partial charge in [-0.2, -0.15) is 0 Å². The number of anilines is 1. The maximum absolute atomic E-state index is 14.2. The summed E-state index contributed by atoms with van der Waals surface area (Å²) in [6.45, 7) is 3.30. The van der Waals surface area contributed by atoms with Gasteiger partial charge in [0, 0.05) is 22.1 Å². The predicted molar refractivity (Wildman–Crippen MR) is 166 cm³/mol. The number of hydrogen-bond donors (Lipinski definition) is 1. The van der Waals surface area contributed by atoms with Crippen molar-refractivity contribution in [1.82, 2.24) is 10.2 Å². The Bertz CT molecular complexity index is 1460. The number of sulfonamides is 1. The summed E-state index contributed by atoms with van der Waals surface area (Å²) in [5, 5.41) is 3.58. The van der Waals surface area contributed by atoms with Crippen molar-refractivity contribution in [3.63, 3.8) is 0 Å². The lowest BCUT2D eigenvalue weighted by atomic mass is 10.1. The van der Waals surface area contributed by atoms with Crippen molar-refractivity contribution in [2.45, 2.75) is 69.5 Å². The van der Waals surface area contributed by atoms with E-state index in [0.29, 0.717) is 22.7 Å².